The molecule has 122 valence electrons. The highest BCUT2D eigenvalue weighted by Crippen LogP contribution is 2.37. The average Bonchev–Trinajstić information content (AvgIpc) is 2.54. The van der Waals surface area contributed by atoms with Crippen LogP contribution >= 0.6 is 0 Å². The van der Waals surface area contributed by atoms with Crippen LogP contribution in [0.25, 0.3) is 10.8 Å². The molecule has 0 aliphatic heterocycles. The van der Waals surface area contributed by atoms with Gasteiger partial charge in [-0.1, -0.05) is 61.2 Å². The molecule has 3 rings (SSSR count). The van der Waals surface area contributed by atoms with Gasteiger partial charge in [-0.3, -0.25) is 0 Å². The van der Waals surface area contributed by atoms with Crippen LogP contribution in [-0.2, 0) is 0 Å². The molecular formula is C19H20N2O2Si. The fourth-order valence-electron chi connectivity index (χ4n) is 2.53. The van der Waals surface area contributed by atoms with E-state index in [1.54, 1.807) is 30.3 Å². The number of fused-ring (bicyclic) bond motifs is 1. The minimum Gasteiger partial charge on any atom is -0.506 e. The van der Waals surface area contributed by atoms with Crippen molar-refractivity contribution in [2.24, 2.45) is 10.2 Å². The van der Waals surface area contributed by atoms with E-state index < -0.39 is 8.07 Å². The van der Waals surface area contributed by atoms with Gasteiger partial charge in [0.25, 0.3) is 0 Å². The molecule has 0 amide bonds. The van der Waals surface area contributed by atoms with Crippen molar-refractivity contribution in [3.05, 3.63) is 54.6 Å². The molecule has 24 heavy (non-hydrogen) atoms. The number of benzene rings is 3. The summed E-state index contributed by atoms with van der Waals surface area (Å²) < 4.78 is 0. The van der Waals surface area contributed by atoms with Gasteiger partial charge in [0.1, 0.15) is 22.9 Å². The lowest BCUT2D eigenvalue weighted by Gasteiger charge is -2.17. The molecule has 0 fully saturated rings. The van der Waals surface area contributed by atoms with Gasteiger partial charge in [0.15, 0.2) is 0 Å². The first kappa shape index (κ1) is 16.2. The lowest BCUT2D eigenvalue weighted by molar-refractivity contribution is 0.474. The monoisotopic (exact) mass is 336 g/mol. The number of phenols is 2. The number of rotatable bonds is 3. The normalized spacial score (nSPS) is 12.1. The maximum absolute atomic E-state index is 10.2. The van der Waals surface area contributed by atoms with Crippen LogP contribution in [0.1, 0.15) is 0 Å². The topological polar surface area (TPSA) is 65.2 Å². The average molecular weight is 336 g/mol. The molecule has 0 bridgehead atoms. The van der Waals surface area contributed by atoms with Gasteiger partial charge in [-0.2, -0.15) is 0 Å². The summed E-state index contributed by atoms with van der Waals surface area (Å²) in [6, 6.07) is 16.5. The van der Waals surface area contributed by atoms with Crippen molar-refractivity contribution in [2.45, 2.75) is 19.6 Å². The lowest BCUT2D eigenvalue weighted by atomic mass is 10.1. The molecule has 2 N–H and O–H groups in total. The van der Waals surface area contributed by atoms with Gasteiger partial charge in [0.05, 0.1) is 8.07 Å². The summed E-state index contributed by atoms with van der Waals surface area (Å²) in [6.45, 7) is 6.90. The molecule has 0 heterocycles. The van der Waals surface area contributed by atoms with Gasteiger partial charge in [-0.05, 0) is 23.6 Å². The number of hydrogen-bond donors (Lipinski definition) is 2. The zero-order chi connectivity index (χ0) is 17.3. The molecule has 0 atom stereocenters. The van der Waals surface area contributed by atoms with E-state index in [2.05, 4.69) is 42.0 Å². The minimum absolute atomic E-state index is 0.0574. The molecule has 5 heteroatoms. The van der Waals surface area contributed by atoms with E-state index in [0.717, 1.165) is 10.8 Å². The lowest BCUT2D eigenvalue weighted by Crippen LogP contribution is -2.37. The van der Waals surface area contributed by atoms with Crippen molar-refractivity contribution in [1.29, 1.82) is 0 Å². The van der Waals surface area contributed by atoms with Crippen LogP contribution in [0.15, 0.2) is 64.8 Å². The molecule has 3 aromatic carbocycles. The van der Waals surface area contributed by atoms with Crippen molar-refractivity contribution in [2.75, 3.05) is 0 Å². The number of nitrogens with zero attached hydrogens (tertiary/aromatic N) is 2. The Morgan fingerprint density at radius 2 is 1.54 bits per heavy atom. The van der Waals surface area contributed by atoms with Crippen molar-refractivity contribution < 1.29 is 10.2 Å². The summed E-state index contributed by atoms with van der Waals surface area (Å²) in [5.41, 5.74) is 0.783. The van der Waals surface area contributed by atoms with Gasteiger partial charge < -0.3 is 10.2 Å². The summed E-state index contributed by atoms with van der Waals surface area (Å²) in [5.74, 6) is 0.129. The molecule has 0 aromatic heterocycles. The van der Waals surface area contributed by atoms with Crippen molar-refractivity contribution in [1.82, 2.24) is 0 Å². The Morgan fingerprint density at radius 1 is 0.792 bits per heavy atom. The summed E-state index contributed by atoms with van der Waals surface area (Å²) in [7, 11) is -1.41. The number of hydrogen-bond acceptors (Lipinski definition) is 4. The molecule has 0 spiro atoms. The fraction of sp³-hybridized carbons (Fsp3) is 0.158. The molecule has 3 aromatic rings. The van der Waals surface area contributed by atoms with Crippen LogP contribution < -0.4 is 5.19 Å². The van der Waals surface area contributed by atoms with Gasteiger partial charge in [0.2, 0.25) is 0 Å². The third-order valence-corrected chi connectivity index (χ3v) is 6.02. The van der Waals surface area contributed by atoms with Crippen LogP contribution in [0.4, 0.5) is 11.4 Å². The Bertz CT molecular complexity index is 930. The SMILES string of the molecule is C[Si](C)(C)c1ccc2c(N=Nc3ccccc3O)c(O)ccc2c1. The summed E-state index contributed by atoms with van der Waals surface area (Å²) in [6.07, 6.45) is 0. The zero-order valence-electron chi connectivity index (χ0n) is 14.0. The van der Waals surface area contributed by atoms with Crippen LogP contribution in [0.3, 0.4) is 0 Å². The third-order valence-electron chi connectivity index (χ3n) is 3.98. The van der Waals surface area contributed by atoms with Crippen molar-refractivity contribution >= 4 is 35.4 Å². The predicted octanol–water partition coefficient (Wildman–Crippen LogP) is 5.21. The van der Waals surface area contributed by atoms with Gasteiger partial charge in [-0.25, -0.2) is 0 Å². The highest BCUT2D eigenvalue weighted by molar-refractivity contribution is 6.88. The molecule has 4 nitrogen and oxygen atoms in total. The Hall–Kier alpha value is -2.66. The first-order valence-corrected chi connectivity index (χ1v) is 11.3. The largest absolute Gasteiger partial charge is 0.506 e. The fourth-order valence-corrected chi connectivity index (χ4v) is 3.70. The predicted molar refractivity (Wildman–Crippen MR) is 101 cm³/mol. The Kier molecular flexibility index (Phi) is 4.11. The quantitative estimate of drug-likeness (QED) is 0.509. The summed E-state index contributed by atoms with van der Waals surface area (Å²) in [4.78, 5) is 0. The first-order chi connectivity index (χ1) is 11.4. The highest BCUT2D eigenvalue weighted by Gasteiger charge is 2.17. The molecule has 0 saturated carbocycles. The van der Waals surface area contributed by atoms with Gasteiger partial charge in [-0.15, -0.1) is 10.2 Å². The van der Waals surface area contributed by atoms with Crippen LogP contribution in [0.5, 0.6) is 11.5 Å². The second-order valence-electron chi connectivity index (χ2n) is 6.81. The molecular weight excluding hydrogens is 316 g/mol. The summed E-state index contributed by atoms with van der Waals surface area (Å²) in [5, 5.41) is 31.4. The standard InChI is InChI=1S/C19H20N2O2Si/c1-24(2,3)14-9-10-15-13(12-14)8-11-18(23)19(15)21-20-16-6-4-5-7-17(16)22/h4-12,22-23H,1-3H3. The third kappa shape index (κ3) is 3.16. The van der Waals surface area contributed by atoms with E-state index in [-0.39, 0.29) is 11.5 Å². The Labute approximate surface area is 142 Å². The van der Waals surface area contributed by atoms with Gasteiger partial charge in [0, 0.05) is 5.39 Å². The maximum atomic E-state index is 10.2. The van der Waals surface area contributed by atoms with Crippen molar-refractivity contribution in [3.8, 4) is 11.5 Å². The number of azo groups is 1. The Morgan fingerprint density at radius 3 is 2.25 bits per heavy atom. The van der Waals surface area contributed by atoms with E-state index in [9.17, 15) is 10.2 Å². The minimum atomic E-state index is -1.41. The molecule has 0 aliphatic rings. The van der Waals surface area contributed by atoms with Crippen LogP contribution in [0, 0.1) is 0 Å². The zero-order valence-corrected chi connectivity index (χ0v) is 15.0. The number of para-hydroxylation sites is 1. The second-order valence-corrected chi connectivity index (χ2v) is 11.9. The highest BCUT2D eigenvalue weighted by atomic mass is 28.3. The first-order valence-electron chi connectivity index (χ1n) is 7.82. The van der Waals surface area contributed by atoms with E-state index in [0.29, 0.717) is 11.4 Å². The number of aromatic hydroxyl groups is 2. The second kappa shape index (κ2) is 6.09. The van der Waals surface area contributed by atoms with Crippen LogP contribution in [0.2, 0.25) is 19.6 Å². The van der Waals surface area contributed by atoms with Crippen LogP contribution in [-0.4, -0.2) is 18.3 Å². The number of phenolic OH excluding ortho intramolecular Hbond substituents is 2. The molecule has 0 unspecified atom stereocenters. The van der Waals surface area contributed by atoms with E-state index in [1.807, 2.05) is 12.1 Å². The molecule has 0 radical (unpaired) electrons. The molecule has 0 aliphatic carbocycles. The maximum Gasteiger partial charge on any atom is 0.143 e. The summed E-state index contributed by atoms with van der Waals surface area (Å²) >= 11 is 0. The van der Waals surface area contributed by atoms with E-state index >= 15 is 0 Å². The van der Waals surface area contributed by atoms with E-state index in [1.165, 1.54) is 5.19 Å². The Balaban J connectivity index is 2.10. The van der Waals surface area contributed by atoms with Gasteiger partial charge >= 0.3 is 0 Å². The smallest absolute Gasteiger partial charge is 0.143 e. The van der Waals surface area contributed by atoms with Crippen molar-refractivity contribution in [3.63, 3.8) is 0 Å². The van der Waals surface area contributed by atoms with E-state index in [4.69, 9.17) is 0 Å². The molecule has 0 saturated heterocycles.